The molecule has 0 spiro atoms. The maximum Gasteiger partial charge on any atom is 0.171 e. The number of nitrogens with zero attached hydrogens (tertiary/aromatic N) is 2. The lowest BCUT2D eigenvalue weighted by Gasteiger charge is -2.22. The maximum absolute atomic E-state index is 5.33. The molecule has 5 heteroatoms. The molecule has 4 nitrogen and oxygen atoms in total. The second-order valence-electron chi connectivity index (χ2n) is 3.74. The van der Waals surface area contributed by atoms with E-state index in [1.54, 1.807) is 13.3 Å². The van der Waals surface area contributed by atoms with Gasteiger partial charge in [0.1, 0.15) is 4.60 Å². The van der Waals surface area contributed by atoms with Crippen molar-refractivity contribution in [3.63, 3.8) is 0 Å². The summed E-state index contributed by atoms with van der Waals surface area (Å²) in [6, 6.07) is 0. The van der Waals surface area contributed by atoms with Crippen LogP contribution in [0.25, 0.3) is 0 Å². The Bertz CT molecular complexity index is 321. The lowest BCUT2D eigenvalue weighted by Crippen LogP contribution is -2.21. The Morgan fingerprint density at radius 3 is 2.93 bits per heavy atom. The van der Waals surface area contributed by atoms with Crippen LogP contribution in [-0.2, 0) is 11.3 Å². The summed E-state index contributed by atoms with van der Waals surface area (Å²) >= 11 is 3.48. The van der Waals surface area contributed by atoms with Gasteiger partial charge < -0.3 is 9.47 Å². The van der Waals surface area contributed by atoms with Crippen LogP contribution in [0.1, 0.15) is 12.8 Å². The molecule has 1 aromatic heterocycles. The summed E-state index contributed by atoms with van der Waals surface area (Å²) in [5.74, 6) is 1.46. The first kappa shape index (κ1) is 11.0. The average molecular weight is 275 g/mol. The Kier molecular flexibility index (Phi) is 3.64. The molecule has 1 saturated heterocycles. The van der Waals surface area contributed by atoms with Crippen molar-refractivity contribution in [1.82, 2.24) is 9.78 Å². The fourth-order valence-electron chi connectivity index (χ4n) is 1.79. The van der Waals surface area contributed by atoms with E-state index in [1.165, 1.54) is 0 Å². The summed E-state index contributed by atoms with van der Waals surface area (Å²) in [7, 11) is 1.65. The normalized spacial score (nSPS) is 18.0. The lowest BCUT2D eigenvalue weighted by molar-refractivity contribution is 0.0599. The standard InChI is InChI=1S/C10H15BrN2O2/c1-14-9-6-12-13(10(9)11)7-8-2-4-15-5-3-8/h6,8H,2-5,7H2,1H3. The number of hydrogen-bond donors (Lipinski definition) is 0. The molecule has 0 saturated carbocycles. The molecular weight excluding hydrogens is 260 g/mol. The van der Waals surface area contributed by atoms with Crippen LogP contribution >= 0.6 is 15.9 Å². The van der Waals surface area contributed by atoms with Crippen LogP contribution in [0.5, 0.6) is 5.75 Å². The fraction of sp³-hybridized carbons (Fsp3) is 0.700. The van der Waals surface area contributed by atoms with Crippen molar-refractivity contribution >= 4 is 15.9 Å². The molecule has 2 rings (SSSR count). The molecule has 0 unspecified atom stereocenters. The Labute approximate surface area is 97.7 Å². The summed E-state index contributed by atoms with van der Waals surface area (Å²) in [5.41, 5.74) is 0. The van der Waals surface area contributed by atoms with Crippen LogP contribution in [0.3, 0.4) is 0 Å². The summed E-state index contributed by atoms with van der Waals surface area (Å²) in [5, 5.41) is 4.28. The predicted octanol–water partition coefficient (Wildman–Crippen LogP) is 2.08. The van der Waals surface area contributed by atoms with E-state index in [1.807, 2.05) is 4.68 Å². The van der Waals surface area contributed by atoms with Gasteiger partial charge in [-0.05, 0) is 34.7 Å². The highest BCUT2D eigenvalue weighted by atomic mass is 79.9. The van der Waals surface area contributed by atoms with E-state index in [4.69, 9.17) is 9.47 Å². The van der Waals surface area contributed by atoms with Crippen molar-refractivity contribution in [3.05, 3.63) is 10.8 Å². The Balaban J connectivity index is 2.00. The summed E-state index contributed by atoms with van der Waals surface area (Å²) < 4.78 is 13.4. The van der Waals surface area contributed by atoms with Crippen LogP contribution in [0.4, 0.5) is 0 Å². The van der Waals surface area contributed by atoms with Crippen molar-refractivity contribution in [2.45, 2.75) is 19.4 Å². The Morgan fingerprint density at radius 2 is 2.33 bits per heavy atom. The molecule has 1 aliphatic heterocycles. The van der Waals surface area contributed by atoms with Crippen molar-refractivity contribution in [3.8, 4) is 5.75 Å². The van der Waals surface area contributed by atoms with Crippen LogP contribution in [0.2, 0.25) is 0 Å². The van der Waals surface area contributed by atoms with Gasteiger partial charge >= 0.3 is 0 Å². The van der Waals surface area contributed by atoms with E-state index in [0.29, 0.717) is 5.92 Å². The summed E-state index contributed by atoms with van der Waals surface area (Å²) in [6.07, 6.45) is 3.98. The van der Waals surface area contributed by atoms with Gasteiger partial charge in [0.25, 0.3) is 0 Å². The SMILES string of the molecule is COc1cnn(CC2CCOCC2)c1Br. The van der Waals surface area contributed by atoms with E-state index in [0.717, 1.165) is 43.0 Å². The first-order valence-electron chi connectivity index (χ1n) is 5.14. The van der Waals surface area contributed by atoms with Crippen molar-refractivity contribution in [1.29, 1.82) is 0 Å². The zero-order chi connectivity index (χ0) is 10.7. The minimum absolute atomic E-state index is 0.666. The zero-order valence-electron chi connectivity index (χ0n) is 8.78. The first-order chi connectivity index (χ1) is 7.31. The number of halogens is 1. The van der Waals surface area contributed by atoms with Crippen LogP contribution in [0.15, 0.2) is 10.8 Å². The summed E-state index contributed by atoms with van der Waals surface area (Å²) in [6.45, 7) is 2.69. The molecule has 15 heavy (non-hydrogen) atoms. The monoisotopic (exact) mass is 274 g/mol. The molecule has 2 heterocycles. The van der Waals surface area contributed by atoms with E-state index < -0.39 is 0 Å². The second kappa shape index (κ2) is 4.99. The first-order valence-corrected chi connectivity index (χ1v) is 5.93. The molecule has 1 fully saturated rings. The third-order valence-corrected chi connectivity index (χ3v) is 3.54. The Morgan fingerprint density at radius 1 is 1.60 bits per heavy atom. The molecule has 0 N–H and O–H groups in total. The molecular formula is C10H15BrN2O2. The van der Waals surface area contributed by atoms with Crippen LogP contribution in [0, 0.1) is 5.92 Å². The fourth-order valence-corrected chi connectivity index (χ4v) is 2.29. The number of hydrogen-bond acceptors (Lipinski definition) is 3. The largest absolute Gasteiger partial charge is 0.492 e. The Hall–Kier alpha value is -0.550. The number of ether oxygens (including phenoxy) is 2. The third-order valence-electron chi connectivity index (χ3n) is 2.74. The van der Waals surface area contributed by atoms with Crippen LogP contribution in [-0.4, -0.2) is 30.1 Å². The van der Waals surface area contributed by atoms with Crippen molar-refractivity contribution < 1.29 is 9.47 Å². The molecule has 0 atom stereocenters. The van der Waals surface area contributed by atoms with Gasteiger partial charge in [0.05, 0.1) is 13.3 Å². The van der Waals surface area contributed by atoms with Gasteiger partial charge in [-0.1, -0.05) is 0 Å². The highest BCUT2D eigenvalue weighted by Gasteiger charge is 2.17. The smallest absolute Gasteiger partial charge is 0.171 e. The average Bonchev–Trinajstić information content (AvgIpc) is 2.62. The van der Waals surface area contributed by atoms with E-state index in [9.17, 15) is 0 Å². The highest BCUT2D eigenvalue weighted by molar-refractivity contribution is 9.10. The predicted molar refractivity (Wildman–Crippen MR) is 60.0 cm³/mol. The molecule has 84 valence electrons. The van der Waals surface area contributed by atoms with Gasteiger partial charge in [0, 0.05) is 19.8 Å². The number of methoxy groups -OCH3 is 1. The molecule has 0 radical (unpaired) electrons. The molecule has 0 bridgehead atoms. The van der Waals surface area contributed by atoms with E-state index in [-0.39, 0.29) is 0 Å². The highest BCUT2D eigenvalue weighted by Crippen LogP contribution is 2.26. The molecule has 1 aliphatic rings. The summed E-state index contributed by atoms with van der Waals surface area (Å²) in [4.78, 5) is 0. The third kappa shape index (κ3) is 2.52. The quantitative estimate of drug-likeness (QED) is 0.847. The molecule has 0 amide bonds. The van der Waals surface area contributed by atoms with Gasteiger partial charge in [0.2, 0.25) is 0 Å². The maximum atomic E-state index is 5.33. The van der Waals surface area contributed by atoms with E-state index in [2.05, 4.69) is 21.0 Å². The number of rotatable bonds is 3. The van der Waals surface area contributed by atoms with E-state index >= 15 is 0 Å². The minimum Gasteiger partial charge on any atom is -0.492 e. The van der Waals surface area contributed by atoms with Crippen molar-refractivity contribution in [2.75, 3.05) is 20.3 Å². The van der Waals surface area contributed by atoms with Gasteiger partial charge in [-0.2, -0.15) is 5.10 Å². The van der Waals surface area contributed by atoms with Gasteiger partial charge in [-0.3, -0.25) is 4.68 Å². The van der Waals surface area contributed by atoms with Crippen LogP contribution < -0.4 is 4.74 Å². The zero-order valence-corrected chi connectivity index (χ0v) is 10.4. The topological polar surface area (TPSA) is 36.3 Å². The lowest BCUT2D eigenvalue weighted by atomic mass is 10.0. The second-order valence-corrected chi connectivity index (χ2v) is 4.49. The number of aromatic nitrogens is 2. The molecule has 0 aliphatic carbocycles. The van der Waals surface area contributed by atoms with Crippen molar-refractivity contribution in [2.24, 2.45) is 5.92 Å². The molecule has 0 aromatic carbocycles. The van der Waals surface area contributed by atoms with Gasteiger partial charge in [-0.15, -0.1) is 0 Å². The van der Waals surface area contributed by atoms with Gasteiger partial charge in [0.15, 0.2) is 5.75 Å². The van der Waals surface area contributed by atoms with Gasteiger partial charge in [-0.25, -0.2) is 0 Å². The minimum atomic E-state index is 0.666. The molecule has 1 aromatic rings.